The molecule has 3 N–H and O–H groups in total. The maximum absolute atomic E-state index is 13.2. The number of anilines is 1. The van der Waals surface area contributed by atoms with Gasteiger partial charge in [0.2, 0.25) is 11.5 Å². The average Bonchev–Trinajstić information content (AvgIpc) is 2.79. The molecule has 3 heterocycles. The zero-order valence-electron chi connectivity index (χ0n) is 17.2. The number of ether oxygens (including phenoxy) is 1. The van der Waals surface area contributed by atoms with Crippen LogP contribution >= 0.6 is 0 Å². The molecule has 0 saturated heterocycles. The SMILES string of the molecule is COCCNC(=O)c1cc2c(=O)n3ccccc3nc2[n+](CCc2ccccc2)c1N. The minimum atomic E-state index is -0.359. The molecule has 0 radical (unpaired) electrons. The minimum Gasteiger partial charge on any atom is -0.383 e. The molecule has 8 heteroatoms. The first kappa shape index (κ1) is 20.5. The van der Waals surface area contributed by atoms with Gasteiger partial charge in [-0.2, -0.15) is 0 Å². The van der Waals surface area contributed by atoms with Gasteiger partial charge in [0.05, 0.1) is 13.2 Å². The molecule has 0 saturated carbocycles. The highest BCUT2D eigenvalue weighted by Gasteiger charge is 2.24. The average molecular weight is 418 g/mol. The number of amides is 1. The summed E-state index contributed by atoms with van der Waals surface area (Å²) in [5.41, 5.74) is 8.52. The van der Waals surface area contributed by atoms with Crippen LogP contribution in [0.1, 0.15) is 15.9 Å². The molecule has 0 unspecified atom stereocenters. The third-order valence-electron chi connectivity index (χ3n) is 5.16. The second kappa shape index (κ2) is 8.93. The van der Waals surface area contributed by atoms with Crippen molar-refractivity contribution in [2.24, 2.45) is 0 Å². The summed E-state index contributed by atoms with van der Waals surface area (Å²) < 4.78 is 8.21. The van der Waals surface area contributed by atoms with Crippen LogP contribution in [0.3, 0.4) is 0 Å². The number of hydrogen-bond donors (Lipinski definition) is 2. The molecule has 4 aromatic rings. The van der Waals surface area contributed by atoms with Crippen LogP contribution in [0, 0.1) is 0 Å². The van der Waals surface area contributed by atoms with Crippen molar-refractivity contribution in [3.63, 3.8) is 0 Å². The highest BCUT2D eigenvalue weighted by molar-refractivity contribution is 6.00. The molecule has 0 spiro atoms. The Labute approximate surface area is 178 Å². The van der Waals surface area contributed by atoms with Crippen LogP contribution in [0.2, 0.25) is 0 Å². The van der Waals surface area contributed by atoms with Gasteiger partial charge in [-0.25, -0.2) is 4.57 Å². The fourth-order valence-electron chi connectivity index (χ4n) is 3.56. The third-order valence-corrected chi connectivity index (χ3v) is 5.16. The standard InChI is InChI=1S/C23H23N5O3/c1-31-14-11-25-22(29)17-15-18-21(26-19-9-5-6-12-27(19)23(18)30)28(20(17)24)13-10-16-7-3-2-4-8-16/h2-9,12,15,24H,10-11,13-14H2,1H3,(H,25,29)/p+1. The van der Waals surface area contributed by atoms with E-state index in [0.717, 1.165) is 5.56 Å². The number of carbonyl (C=O) groups is 1. The van der Waals surface area contributed by atoms with Gasteiger partial charge in [-0.1, -0.05) is 41.4 Å². The zero-order valence-corrected chi connectivity index (χ0v) is 17.2. The van der Waals surface area contributed by atoms with Gasteiger partial charge in [0.15, 0.2) is 0 Å². The molecule has 4 rings (SSSR count). The molecule has 0 aliphatic carbocycles. The van der Waals surface area contributed by atoms with E-state index in [1.54, 1.807) is 30.0 Å². The van der Waals surface area contributed by atoms with E-state index in [9.17, 15) is 9.59 Å². The lowest BCUT2D eigenvalue weighted by Crippen LogP contribution is -2.43. The van der Waals surface area contributed by atoms with Crippen LogP contribution < -0.4 is 21.2 Å². The van der Waals surface area contributed by atoms with Gasteiger partial charge in [0.1, 0.15) is 10.9 Å². The van der Waals surface area contributed by atoms with Crippen molar-refractivity contribution < 1.29 is 14.1 Å². The van der Waals surface area contributed by atoms with E-state index in [2.05, 4.69) is 10.3 Å². The van der Waals surface area contributed by atoms with Crippen LogP contribution in [0.5, 0.6) is 0 Å². The topological polar surface area (TPSA) is 103 Å². The number of aryl methyl sites for hydroxylation is 2. The number of nitrogen functional groups attached to an aromatic ring is 1. The number of hydrogen-bond acceptors (Lipinski definition) is 5. The van der Waals surface area contributed by atoms with Crippen molar-refractivity contribution in [1.29, 1.82) is 0 Å². The minimum absolute atomic E-state index is 0.242. The lowest BCUT2D eigenvalue weighted by molar-refractivity contribution is -0.658. The van der Waals surface area contributed by atoms with Crippen LogP contribution in [-0.2, 0) is 17.7 Å². The molecule has 1 amide bonds. The largest absolute Gasteiger partial charge is 0.383 e. The maximum Gasteiger partial charge on any atom is 0.278 e. The quantitative estimate of drug-likeness (QED) is 0.268. The number of rotatable bonds is 7. The Balaban J connectivity index is 1.87. The van der Waals surface area contributed by atoms with Crippen LogP contribution in [-0.4, -0.2) is 35.6 Å². The summed E-state index contributed by atoms with van der Waals surface area (Å²) in [5, 5.41) is 3.11. The molecular formula is C23H24N5O3+. The van der Waals surface area contributed by atoms with Gasteiger partial charge in [-0.15, -0.1) is 0 Å². The first-order valence-corrected chi connectivity index (χ1v) is 10.0. The van der Waals surface area contributed by atoms with Gasteiger partial charge in [0, 0.05) is 26.3 Å². The van der Waals surface area contributed by atoms with Gasteiger partial charge >= 0.3 is 0 Å². The maximum atomic E-state index is 13.2. The first-order chi connectivity index (χ1) is 15.1. The number of benzene rings is 1. The summed E-state index contributed by atoms with van der Waals surface area (Å²) in [4.78, 5) is 30.7. The van der Waals surface area contributed by atoms with Crippen molar-refractivity contribution in [3.8, 4) is 0 Å². The first-order valence-electron chi connectivity index (χ1n) is 10.0. The van der Waals surface area contributed by atoms with E-state index < -0.39 is 0 Å². The Bertz CT molecular complexity index is 1300. The molecule has 31 heavy (non-hydrogen) atoms. The lowest BCUT2D eigenvalue weighted by atomic mass is 10.1. The molecule has 3 aromatic heterocycles. The van der Waals surface area contributed by atoms with E-state index >= 15 is 0 Å². The summed E-state index contributed by atoms with van der Waals surface area (Å²) in [6.45, 7) is 1.19. The number of nitrogens with two attached hydrogens (primary N) is 1. The number of nitrogens with one attached hydrogen (secondary N) is 1. The fourth-order valence-corrected chi connectivity index (χ4v) is 3.56. The van der Waals surface area contributed by atoms with Crippen molar-refractivity contribution in [3.05, 3.63) is 82.3 Å². The second-order valence-electron chi connectivity index (χ2n) is 7.16. The Morgan fingerprint density at radius 3 is 2.74 bits per heavy atom. The normalized spacial score (nSPS) is 11.1. The van der Waals surface area contributed by atoms with Crippen LogP contribution in [0.15, 0.2) is 65.6 Å². The highest BCUT2D eigenvalue weighted by atomic mass is 16.5. The molecule has 1 aromatic carbocycles. The predicted molar refractivity (Wildman–Crippen MR) is 118 cm³/mol. The molecule has 0 aliphatic rings. The monoisotopic (exact) mass is 418 g/mol. The molecular weight excluding hydrogens is 394 g/mol. The van der Waals surface area contributed by atoms with Gasteiger partial charge in [-0.05, 0) is 23.8 Å². The van der Waals surface area contributed by atoms with Crippen LogP contribution in [0.4, 0.5) is 5.82 Å². The number of nitrogens with zero attached hydrogens (tertiary/aromatic N) is 3. The number of pyridine rings is 2. The Morgan fingerprint density at radius 2 is 1.97 bits per heavy atom. The van der Waals surface area contributed by atoms with E-state index in [0.29, 0.717) is 42.8 Å². The fraction of sp³-hybridized carbons (Fsp3) is 0.217. The molecule has 0 bridgehead atoms. The van der Waals surface area contributed by atoms with Gasteiger partial charge < -0.3 is 15.8 Å². The third kappa shape index (κ3) is 4.10. The van der Waals surface area contributed by atoms with E-state index in [-0.39, 0.29) is 22.8 Å². The van der Waals surface area contributed by atoms with Crippen molar-refractivity contribution in [2.45, 2.75) is 13.0 Å². The molecule has 8 nitrogen and oxygen atoms in total. The molecule has 0 atom stereocenters. The Hall–Kier alpha value is -3.78. The Morgan fingerprint density at radius 1 is 1.19 bits per heavy atom. The molecule has 0 fully saturated rings. The number of fused-ring (bicyclic) bond motifs is 2. The smallest absolute Gasteiger partial charge is 0.278 e. The summed E-state index contributed by atoms with van der Waals surface area (Å²) in [6.07, 6.45) is 2.34. The predicted octanol–water partition coefficient (Wildman–Crippen LogP) is 1.34. The van der Waals surface area contributed by atoms with Gasteiger partial charge in [0.25, 0.3) is 17.1 Å². The summed E-state index contributed by atoms with van der Waals surface area (Å²) in [6, 6.07) is 16.8. The summed E-state index contributed by atoms with van der Waals surface area (Å²) >= 11 is 0. The van der Waals surface area contributed by atoms with Crippen LogP contribution in [0.25, 0.3) is 16.7 Å². The second-order valence-corrected chi connectivity index (χ2v) is 7.16. The number of carbonyl (C=O) groups excluding carboxylic acids is 1. The van der Waals surface area contributed by atoms with E-state index in [4.69, 9.17) is 10.5 Å². The van der Waals surface area contributed by atoms with Gasteiger partial charge in [-0.3, -0.25) is 14.0 Å². The number of methoxy groups -OCH3 is 1. The molecule has 158 valence electrons. The molecule has 0 aliphatic heterocycles. The van der Waals surface area contributed by atoms with E-state index in [1.165, 1.54) is 10.5 Å². The van der Waals surface area contributed by atoms with Crippen molar-refractivity contribution >= 4 is 28.4 Å². The summed E-state index contributed by atoms with van der Waals surface area (Å²) in [5.74, 6) is -0.0898. The lowest BCUT2D eigenvalue weighted by Gasteiger charge is -2.12. The van der Waals surface area contributed by atoms with E-state index in [1.807, 2.05) is 36.4 Å². The Kier molecular flexibility index (Phi) is 5.90. The zero-order chi connectivity index (χ0) is 21.8. The van der Waals surface area contributed by atoms with Crippen molar-refractivity contribution in [2.75, 3.05) is 26.0 Å². The summed E-state index contributed by atoms with van der Waals surface area (Å²) in [7, 11) is 1.56. The highest BCUT2D eigenvalue weighted by Crippen LogP contribution is 2.15. The number of aromatic nitrogens is 3. The van der Waals surface area contributed by atoms with Crippen molar-refractivity contribution in [1.82, 2.24) is 14.7 Å².